The Morgan fingerprint density at radius 2 is 1.71 bits per heavy atom. The number of hydrogen-bond donors (Lipinski definition) is 2. The molecule has 0 fully saturated rings. The molecule has 2 N–H and O–H groups in total. The Balaban J connectivity index is 1.76. The zero-order chi connectivity index (χ0) is 20.2. The van der Waals surface area contributed by atoms with E-state index >= 15 is 0 Å². The van der Waals surface area contributed by atoms with Crippen LogP contribution in [0.15, 0.2) is 59.7 Å². The van der Waals surface area contributed by atoms with Crippen molar-refractivity contribution < 1.29 is 14.3 Å². The maximum Gasteiger partial charge on any atom is 0.240 e. The second kappa shape index (κ2) is 11.5. The highest BCUT2D eigenvalue weighted by molar-refractivity contribution is 6.05. The van der Waals surface area contributed by atoms with E-state index in [4.69, 9.17) is 4.74 Å². The van der Waals surface area contributed by atoms with Crippen molar-refractivity contribution in [2.45, 2.75) is 46.1 Å². The summed E-state index contributed by atoms with van der Waals surface area (Å²) in [5.41, 5.74) is 4.74. The maximum atomic E-state index is 12.1. The number of ether oxygens (including phenoxy) is 1. The third kappa shape index (κ3) is 8.03. The van der Waals surface area contributed by atoms with Gasteiger partial charge in [0.2, 0.25) is 11.8 Å². The second-order valence-corrected chi connectivity index (χ2v) is 6.51. The minimum atomic E-state index is -0.183. The number of unbranched alkanes of at least 4 members (excludes halogenated alkanes) is 1. The van der Waals surface area contributed by atoms with Crippen molar-refractivity contribution in [2.75, 3.05) is 5.32 Å². The highest BCUT2D eigenvalue weighted by atomic mass is 16.5. The standard InChI is InChI=1S/C22H27N3O3/c1-3-4-10-21(26)25-24-17(2)15-22(27)23-19-13-11-18(12-14-19)16-28-20-8-6-5-7-9-20/h5-9,11-14H,3-4,10,15-16H2,1-2H3,(H,23,27)(H,25,26)/b24-17-. The van der Waals surface area contributed by atoms with Crippen LogP contribution >= 0.6 is 0 Å². The van der Waals surface area contributed by atoms with E-state index in [1.54, 1.807) is 6.92 Å². The van der Waals surface area contributed by atoms with E-state index in [1.165, 1.54) is 0 Å². The maximum absolute atomic E-state index is 12.1. The van der Waals surface area contributed by atoms with Crippen LogP contribution in [0.25, 0.3) is 0 Å². The van der Waals surface area contributed by atoms with Gasteiger partial charge in [-0.25, -0.2) is 5.43 Å². The molecular formula is C22H27N3O3. The molecule has 28 heavy (non-hydrogen) atoms. The third-order valence-corrected chi connectivity index (χ3v) is 3.93. The SMILES string of the molecule is CCCCC(=O)N/N=C(/C)CC(=O)Nc1ccc(COc2ccccc2)cc1. The van der Waals surface area contributed by atoms with E-state index < -0.39 is 0 Å². The highest BCUT2D eigenvalue weighted by Gasteiger charge is 2.06. The molecule has 6 nitrogen and oxygen atoms in total. The van der Waals surface area contributed by atoms with Crippen LogP contribution in [0.4, 0.5) is 5.69 Å². The van der Waals surface area contributed by atoms with Crippen LogP contribution in [-0.2, 0) is 16.2 Å². The largest absolute Gasteiger partial charge is 0.489 e. The molecule has 0 unspecified atom stereocenters. The molecule has 2 aromatic rings. The lowest BCUT2D eigenvalue weighted by atomic mass is 10.2. The van der Waals surface area contributed by atoms with Crippen molar-refractivity contribution in [3.8, 4) is 5.75 Å². The first-order chi connectivity index (χ1) is 13.6. The lowest BCUT2D eigenvalue weighted by molar-refractivity contribution is -0.121. The monoisotopic (exact) mass is 381 g/mol. The predicted octanol–water partition coefficient (Wildman–Crippen LogP) is 4.28. The van der Waals surface area contributed by atoms with Crippen molar-refractivity contribution in [3.05, 3.63) is 60.2 Å². The molecule has 0 radical (unpaired) electrons. The summed E-state index contributed by atoms with van der Waals surface area (Å²) in [7, 11) is 0. The number of carbonyl (C=O) groups is 2. The number of amides is 2. The number of benzene rings is 2. The van der Waals surface area contributed by atoms with Crippen molar-refractivity contribution in [3.63, 3.8) is 0 Å². The van der Waals surface area contributed by atoms with Gasteiger partial charge in [0, 0.05) is 17.8 Å². The van der Waals surface area contributed by atoms with E-state index in [0.717, 1.165) is 24.2 Å². The molecule has 2 aromatic carbocycles. The first-order valence-electron chi connectivity index (χ1n) is 9.45. The molecule has 0 heterocycles. The first kappa shape index (κ1) is 21.2. The van der Waals surface area contributed by atoms with E-state index in [0.29, 0.717) is 24.4 Å². The van der Waals surface area contributed by atoms with E-state index in [1.807, 2.05) is 61.5 Å². The molecule has 0 atom stereocenters. The van der Waals surface area contributed by atoms with E-state index in [9.17, 15) is 9.59 Å². The van der Waals surface area contributed by atoms with Crippen molar-refractivity contribution >= 4 is 23.2 Å². The Labute approximate surface area is 166 Å². The van der Waals surface area contributed by atoms with Gasteiger partial charge in [0.05, 0.1) is 6.42 Å². The minimum Gasteiger partial charge on any atom is -0.489 e. The summed E-state index contributed by atoms with van der Waals surface area (Å²) in [5.74, 6) is 0.503. The summed E-state index contributed by atoms with van der Waals surface area (Å²) in [5, 5.41) is 6.79. The number of nitrogens with zero attached hydrogens (tertiary/aromatic N) is 1. The molecule has 148 valence electrons. The van der Waals surface area contributed by atoms with Gasteiger partial charge in [-0.3, -0.25) is 9.59 Å². The third-order valence-electron chi connectivity index (χ3n) is 3.93. The molecular weight excluding hydrogens is 354 g/mol. The Hall–Kier alpha value is -3.15. The van der Waals surface area contributed by atoms with Crippen LogP contribution in [0, 0.1) is 0 Å². The normalized spacial score (nSPS) is 11.0. The fraction of sp³-hybridized carbons (Fsp3) is 0.318. The highest BCUT2D eigenvalue weighted by Crippen LogP contribution is 2.14. The van der Waals surface area contributed by atoms with Crippen molar-refractivity contribution in [1.82, 2.24) is 5.43 Å². The van der Waals surface area contributed by atoms with Crippen molar-refractivity contribution in [2.24, 2.45) is 5.10 Å². The summed E-state index contributed by atoms with van der Waals surface area (Å²) in [6.45, 7) is 4.19. The average Bonchev–Trinajstić information content (AvgIpc) is 2.71. The number of rotatable bonds is 10. The molecule has 0 saturated carbocycles. The predicted molar refractivity (Wildman–Crippen MR) is 111 cm³/mol. The van der Waals surface area contributed by atoms with Gasteiger partial charge in [0.15, 0.2) is 0 Å². The Kier molecular flexibility index (Phi) is 8.72. The summed E-state index contributed by atoms with van der Waals surface area (Å²) in [4.78, 5) is 23.6. The molecule has 2 amide bonds. The molecule has 0 aliphatic heterocycles. The fourth-order valence-electron chi connectivity index (χ4n) is 2.40. The zero-order valence-electron chi connectivity index (χ0n) is 16.4. The number of hydrazone groups is 1. The second-order valence-electron chi connectivity index (χ2n) is 6.51. The van der Waals surface area contributed by atoms with Gasteiger partial charge < -0.3 is 10.1 Å². The van der Waals surface area contributed by atoms with Gasteiger partial charge in [-0.1, -0.05) is 43.7 Å². The van der Waals surface area contributed by atoms with Crippen molar-refractivity contribution in [1.29, 1.82) is 0 Å². The molecule has 0 bridgehead atoms. The lowest BCUT2D eigenvalue weighted by Gasteiger charge is -2.08. The summed E-state index contributed by atoms with van der Waals surface area (Å²) in [6.07, 6.45) is 2.34. The molecule has 0 aromatic heterocycles. The van der Waals surface area contributed by atoms with Crippen LogP contribution in [0.1, 0.15) is 45.1 Å². The Morgan fingerprint density at radius 3 is 2.39 bits per heavy atom. The topological polar surface area (TPSA) is 79.8 Å². The van der Waals surface area contributed by atoms with Gasteiger partial charge in [-0.15, -0.1) is 0 Å². The lowest BCUT2D eigenvalue weighted by Crippen LogP contribution is -2.21. The quantitative estimate of drug-likeness (QED) is 0.476. The van der Waals surface area contributed by atoms with Gasteiger partial charge in [-0.05, 0) is 43.2 Å². The molecule has 6 heteroatoms. The van der Waals surface area contributed by atoms with Crippen LogP contribution in [0.2, 0.25) is 0 Å². The fourth-order valence-corrected chi connectivity index (χ4v) is 2.40. The van der Waals surface area contributed by atoms with Crippen LogP contribution in [0.5, 0.6) is 5.75 Å². The first-order valence-corrected chi connectivity index (χ1v) is 9.45. The summed E-state index contributed by atoms with van der Waals surface area (Å²) in [6, 6.07) is 17.1. The molecule has 0 saturated heterocycles. The van der Waals surface area contributed by atoms with Gasteiger partial charge in [-0.2, -0.15) is 5.10 Å². The number of hydrogen-bond acceptors (Lipinski definition) is 4. The average molecular weight is 381 g/mol. The van der Waals surface area contributed by atoms with Crippen LogP contribution in [0.3, 0.4) is 0 Å². The van der Waals surface area contributed by atoms with Gasteiger partial charge in [0.25, 0.3) is 0 Å². The van der Waals surface area contributed by atoms with Crippen LogP contribution in [-0.4, -0.2) is 17.5 Å². The molecule has 2 rings (SSSR count). The summed E-state index contributed by atoms with van der Waals surface area (Å²) < 4.78 is 5.70. The van der Waals surface area contributed by atoms with Crippen LogP contribution < -0.4 is 15.5 Å². The Bertz CT molecular complexity index is 786. The zero-order valence-corrected chi connectivity index (χ0v) is 16.4. The van der Waals surface area contributed by atoms with Gasteiger partial charge >= 0.3 is 0 Å². The Morgan fingerprint density at radius 1 is 1.00 bits per heavy atom. The molecule has 0 aliphatic rings. The van der Waals surface area contributed by atoms with Gasteiger partial charge in [0.1, 0.15) is 12.4 Å². The number of carbonyl (C=O) groups excluding carboxylic acids is 2. The number of nitrogens with one attached hydrogen (secondary N) is 2. The summed E-state index contributed by atoms with van der Waals surface area (Å²) >= 11 is 0. The van der Waals surface area contributed by atoms with E-state index in [-0.39, 0.29) is 18.2 Å². The number of anilines is 1. The minimum absolute atomic E-state index is 0.118. The molecule has 0 spiro atoms. The van der Waals surface area contributed by atoms with E-state index in [2.05, 4.69) is 15.8 Å². The number of para-hydroxylation sites is 1. The smallest absolute Gasteiger partial charge is 0.240 e. The molecule has 0 aliphatic carbocycles.